The average Bonchev–Trinajstić information content (AvgIpc) is 2.78. The van der Waals surface area contributed by atoms with E-state index in [1.165, 1.54) is 103 Å². The smallest absolute Gasteiger partial charge is 0.394 e. The van der Waals surface area contributed by atoms with Crippen LogP contribution in [-0.4, -0.2) is 73.0 Å². The SMILES string of the molecule is CCCCCCCCCCCCCCCCCCSCCC(CO)OP(=O)(O)OCC[N+](C)(C)C. The topological polar surface area (TPSA) is 76.0 Å². The number of rotatable bonds is 27. The summed E-state index contributed by atoms with van der Waals surface area (Å²) in [6, 6.07) is 0. The Morgan fingerprint density at radius 1 is 0.771 bits per heavy atom. The van der Waals surface area contributed by atoms with Crippen molar-refractivity contribution in [3.63, 3.8) is 0 Å². The van der Waals surface area contributed by atoms with E-state index in [9.17, 15) is 14.6 Å². The van der Waals surface area contributed by atoms with Crippen molar-refractivity contribution in [2.75, 3.05) is 52.4 Å². The summed E-state index contributed by atoms with van der Waals surface area (Å²) >= 11 is 1.82. The minimum absolute atomic E-state index is 0.142. The summed E-state index contributed by atoms with van der Waals surface area (Å²) in [5.41, 5.74) is 0. The largest absolute Gasteiger partial charge is 0.472 e. The van der Waals surface area contributed by atoms with Gasteiger partial charge in [0.1, 0.15) is 13.2 Å². The first-order chi connectivity index (χ1) is 16.7. The van der Waals surface area contributed by atoms with E-state index in [-0.39, 0.29) is 13.2 Å². The van der Waals surface area contributed by atoms with Crippen LogP contribution < -0.4 is 0 Å². The summed E-state index contributed by atoms with van der Waals surface area (Å²) in [5.74, 6) is 1.90. The van der Waals surface area contributed by atoms with Gasteiger partial charge in [-0.15, -0.1) is 0 Å². The number of thioether (sulfide) groups is 1. The standard InChI is InChI=1S/C27H58NO5PS/c1-5-6-7-8-9-10-11-12-13-14-15-16-17-18-19-20-24-35-25-21-27(26-29)33-34(30,31)32-23-22-28(2,3)4/h27,29H,5-26H2,1-4H3/p+1. The predicted octanol–water partition coefficient (Wildman–Crippen LogP) is 7.57. The van der Waals surface area contributed by atoms with Crippen LogP contribution in [0.5, 0.6) is 0 Å². The maximum Gasteiger partial charge on any atom is 0.472 e. The number of aliphatic hydroxyl groups is 1. The molecule has 2 unspecified atom stereocenters. The van der Waals surface area contributed by atoms with E-state index in [1.807, 2.05) is 32.9 Å². The molecule has 0 rings (SSSR count). The number of hydrogen-bond acceptors (Lipinski definition) is 5. The molecule has 0 fully saturated rings. The Kier molecular flexibility index (Phi) is 23.7. The zero-order chi connectivity index (χ0) is 26.3. The minimum atomic E-state index is -4.13. The van der Waals surface area contributed by atoms with Crippen LogP contribution in [0, 0.1) is 0 Å². The van der Waals surface area contributed by atoms with Crippen molar-refractivity contribution in [3.05, 3.63) is 0 Å². The van der Waals surface area contributed by atoms with Gasteiger partial charge in [-0.3, -0.25) is 9.05 Å². The van der Waals surface area contributed by atoms with Crippen molar-refractivity contribution < 1.29 is 28.1 Å². The van der Waals surface area contributed by atoms with Crippen molar-refractivity contribution in [1.29, 1.82) is 0 Å². The van der Waals surface area contributed by atoms with Crippen LogP contribution in [0.25, 0.3) is 0 Å². The Hall–Kier alpha value is 0.380. The van der Waals surface area contributed by atoms with Gasteiger partial charge in [0.25, 0.3) is 0 Å². The third kappa shape index (κ3) is 27.2. The van der Waals surface area contributed by atoms with Crippen LogP contribution in [-0.2, 0) is 13.6 Å². The van der Waals surface area contributed by atoms with Gasteiger partial charge in [0.15, 0.2) is 0 Å². The van der Waals surface area contributed by atoms with Crippen LogP contribution >= 0.6 is 19.6 Å². The molecule has 0 aromatic heterocycles. The molecule has 0 radical (unpaired) electrons. The number of hydrogen-bond donors (Lipinski definition) is 2. The van der Waals surface area contributed by atoms with Crippen molar-refractivity contribution in [2.24, 2.45) is 0 Å². The molecular formula is C27H59NO5PS+. The summed E-state index contributed by atoms with van der Waals surface area (Å²) in [6.07, 6.45) is 22.0. The van der Waals surface area contributed by atoms with Crippen molar-refractivity contribution >= 4 is 19.6 Å². The van der Waals surface area contributed by atoms with Crippen LogP contribution in [0.1, 0.15) is 116 Å². The lowest BCUT2D eigenvalue weighted by atomic mass is 10.0. The van der Waals surface area contributed by atoms with E-state index >= 15 is 0 Å². The quantitative estimate of drug-likeness (QED) is 0.0636. The maximum atomic E-state index is 12.1. The monoisotopic (exact) mass is 540 g/mol. The second kappa shape index (κ2) is 23.5. The van der Waals surface area contributed by atoms with E-state index in [0.29, 0.717) is 17.4 Å². The molecule has 35 heavy (non-hydrogen) atoms. The van der Waals surface area contributed by atoms with E-state index in [1.54, 1.807) is 0 Å². The summed E-state index contributed by atoms with van der Waals surface area (Å²) < 4.78 is 22.9. The molecule has 0 saturated carbocycles. The lowest BCUT2D eigenvalue weighted by molar-refractivity contribution is -0.870. The second-order valence-corrected chi connectivity index (χ2v) is 13.6. The third-order valence-electron chi connectivity index (χ3n) is 6.23. The number of likely N-dealkylation sites (N-methyl/N-ethyl adjacent to an activating group) is 1. The van der Waals surface area contributed by atoms with Gasteiger partial charge in [-0.05, 0) is 24.3 Å². The molecule has 2 N–H and O–H groups in total. The second-order valence-electron chi connectivity index (χ2n) is 10.9. The van der Waals surface area contributed by atoms with Gasteiger partial charge in [0.2, 0.25) is 0 Å². The number of unbranched alkanes of at least 4 members (excludes halogenated alkanes) is 15. The Bertz CT molecular complexity index is 504. The summed E-state index contributed by atoms with van der Waals surface area (Å²) in [7, 11) is 1.83. The molecule has 0 heterocycles. The lowest BCUT2D eigenvalue weighted by Crippen LogP contribution is -2.37. The number of aliphatic hydroxyl groups excluding tert-OH is 1. The fraction of sp³-hybridized carbons (Fsp3) is 1.00. The van der Waals surface area contributed by atoms with Gasteiger partial charge in [0.05, 0.1) is 33.9 Å². The van der Waals surface area contributed by atoms with Gasteiger partial charge >= 0.3 is 7.82 Å². The van der Waals surface area contributed by atoms with Crippen LogP contribution in [0.2, 0.25) is 0 Å². The van der Waals surface area contributed by atoms with Crippen molar-refractivity contribution in [3.8, 4) is 0 Å². The van der Waals surface area contributed by atoms with Crippen LogP contribution in [0.4, 0.5) is 0 Å². The molecular weight excluding hydrogens is 481 g/mol. The molecule has 0 aliphatic heterocycles. The molecule has 0 aromatic rings. The first-order valence-electron chi connectivity index (χ1n) is 14.3. The highest BCUT2D eigenvalue weighted by Gasteiger charge is 2.27. The van der Waals surface area contributed by atoms with Crippen molar-refractivity contribution in [1.82, 2.24) is 0 Å². The third-order valence-corrected chi connectivity index (χ3v) is 8.40. The number of phosphoric ester groups is 1. The highest BCUT2D eigenvalue weighted by Crippen LogP contribution is 2.45. The van der Waals surface area contributed by atoms with E-state index in [2.05, 4.69) is 6.92 Å². The number of nitrogens with zero attached hydrogens (tertiary/aromatic N) is 1. The van der Waals surface area contributed by atoms with Crippen molar-refractivity contribution in [2.45, 2.75) is 122 Å². The fourth-order valence-corrected chi connectivity index (χ4v) is 5.86. The maximum absolute atomic E-state index is 12.1. The highest BCUT2D eigenvalue weighted by molar-refractivity contribution is 7.99. The summed E-state index contributed by atoms with van der Waals surface area (Å²) in [4.78, 5) is 9.86. The molecule has 0 spiro atoms. The Balaban J connectivity index is 3.47. The van der Waals surface area contributed by atoms with Crippen LogP contribution in [0.3, 0.4) is 0 Å². The molecule has 0 aliphatic carbocycles. The summed E-state index contributed by atoms with van der Waals surface area (Å²) in [5, 5.41) is 9.47. The van der Waals surface area contributed by atoms with Gasteiger partial charge in [-0.25, -0.2) is 4.57 Å². The lowest BCUT2D eigenvalue weighted by Gasteiger charge is -2.24. The highest BCUT2D eigenvalue weighted by atomic mass is 32.2. The Labute approximate surface area is 222 Å². The predicted molar refractivity (Wildman–Crippen MR) is 152 cm³/mol. The number of phosphoric acid groups is 1. The van der Waals surface area contributed by atoms with Gasteiger partial charge in [-0.2, -0.15) is 11.8 Å². The minimum Gasteiger partial charge on any atom is -0.394 e. The molecule has 2 atom stereocenters. The number of quaternary nitrogens is 1. The average molecular weight is 541 g/mol. The summed E-state index contributed by atoms with van der Waals surface area (Å²) in [6.45, 7) is 2.75. The molecule has 212 valence electrons. The first-order valence-corrected chi connectivity index (χ1v) is 17.0. The normalized spacial score (nSPS) is 14.8. The molecule has 0 saturated heterocycles. The molecule has 6 nitrogen and oxygen atoms in total. The zero-order valence-electron chi connectivity index (χ0n) is 23.6. The van der Waals surface area contributed by atoms with E-state index in [0.717, 1.165) is 11.5 Å². The Morgan fingerprint density at radius 3 is 1.66 bits per heavy atom. The van der Waals surface area contributed by atoms with Gasteiger partial charge < -0.3 is 14.5 Å². The molecule has 0 amide bonds. The van der Waals surface area contributed by atoms with E-state index in [4.69, 9.17) is 9.05 Å². The zero-order valence-corrected chi connectivity index (χ0v) is 25.3. The Morgan fingerprint density at radius 2 is 1.23 bits per heavy atom. The first kappa shape index (κ1) is 35.4. The molecule has 0 aliphatic rings. The van der Waals surface area contributed by atoms with Gasteiger partial charge in [-0.1, -0.05) is 103 Å². The van der Waals surface area contributed by atoms with Crippen LogP contribution in [0.15, 0.2) is 0 Å². The molecule has 8 heteroatoms. The van der Waals surface area contributed by atoms with Gasteiger partial charge in [0, 0.05) is 0 Å². The molecule has 0 aromatic carbocycles. The van der Waals surface area contributed by atoms with E-state index < -0.39 is 13.9 Å². The molecule has 0 bridgehead atoms. The fourth-order valence-electron chi connectivity index (χ4n) is 3.90.